The Morgan fingerprint density at radius 3 is 2.18 bits per heavy atom. The largest absolute Gasteiger partial charge is 0.480 e. The van der Waals surface area contributed by atoms with Gasteiger partial charge in [-0.2, -0.15) is 0 Å². The Balaban J connectivity index is 2.80. The summed E-state index contributed by atoms with van der Waals surface area (Å²) in [7, 11) is 0. The standard InChI is InChI=1S/C10H11N3O4/c11-13-9(15)7(10(16)17)8(14)12-6-4-2-1-3-5-6/h1-5,7H,11H2,(H,12,14)(H,13,15)(H,16,17). The average Bonchev–Trinajstić information content (AvgIpc) is 2.29. The molecule has 0 aliphatic carbocycles. The smallest absolute Gasteiger partial charge is 0.325 e. The van der Waals surface area contributed by atoms with E-state index in [1.165, 1.54) is 0 Å². The van der Waals surface area contributed by atoms with Crippen molar-refractivity contribution in [1.29, 1.82) is 0 Å². The van der Waals surface area contributed by atoms with E-state index in [2.05, 4.69) is 5.32 Å². The van der Waals surface area contributed by atoms with Crippen LogP contribution in [0.4, 0.5) is 5.69 Å². The van der Waals surface area contributed by atoms with E-state index in [0.717, 1.165) is 0 Å². The minimum atomic E-state index is -1.87. The third-order valence-corrected chi connectivity index (χ3v) is 1.95. The van der Waals surface area contributed by atoms with Crippen molar-refractivity contribution in [2.24, 2.45) is 11.8 Å². The second kappa shape index (κ2) is 5.61. The molecule has 0 radical (unpaired) electrons. The molecule has 1 unspecified atom stereocenters. The number of nitrogens with two attached hydrogens (primary N) is 1. The molecule has 90 valence electrons. The molecule has 0 saturated carbocycles. The topological polar surface area (TPSA) is 122 Å². The number of carbonyl (C=O) groups is 3. The molecule has 7 nitrogen and oxygen atoms in total. The van der Waals surface area contributed by atoms with Crippen LogP contribution in [0.3, 0.4) is 0 Å². The van der Waals surface area contributed by atoms with E-state index >= 15 is 0 Å². The molecule has 0 saturated heterocycles. The van der Waals surface area contributed by atoms with Gasteiger partial charge in [0.1, 0.15) is 0 Å². The number of hydrogen-bond acceptors (Lipinski definition) is 4. The number of rotatable bonds is 4. The van der Waals surface area contributed by atoms with E-state index in [9.17, 15) is 14.4 Å². The first-order chi connectivity index (χ1) is 8.06. The van der Waals surface area contributed by atoms with E-state index in [0.29, 0.717) is 5.69 Å². The summed E-state index contributed by atoms with van der Waals surface area (Å²) in [6.07, 6.45) is 0. The molecule has 5 N–H and O–H groups in total. The Bertz CT molecular complexity index is 432. The molecular formula is C10H11N3O4. The lowest BCUT2D eigenvalue weighted by Gasteiger charge is -2.11. The van der Waals surface area contributed by atoms with Gasteiger partial charge in [-0.1, -0.05) is 18.2 Å². The number of carboxylic acid groups (broad SMARTS) is 1. The SMILES string of the molecule is NNC(=O)C(C(=O)O)C(=O)Nc1ccccc1. The van der Waals surface area contributed by atoms with E-state index in [-0.39, 0.29) is 0 Å². The second-order valence-corrected chi connectivity index (χ2v) is 3.14. The Hall–Kier alpha value is -2.41. The fraction of sp³-hybridized carbons (Fsp3) is 0.100. The van der Waals surface area contributed by atoms with E-state index in [1.807, 2.05) is 0 Å². The van der Waals surface area contributed by atoms with Crippen molar-refractivity contribution in [3.8, 4) is 0 Å². The Morgan fingerprint density at radius 1 is 1.12 bits per heavy atom. The monoisotopic (exact) mass is 237 g/mol. The minimum absolute atomic E-state index is 0.397. The van der Waals surface area contributed by atoms with Crippen LogP contribution < -0.4 is 16.6 Å². The van der Waals surface area contributed by atoms with Crippen LogP contribution in [-0.4, -0.2) is 22.9 Å². The highest BCUT2D eigenvalue weighted by molar-refractivity contribution is 6.18. The number of anilines is 1. The molecule has 0 aliphatic heterocycles. The molecule has 1 atom stereocenters. The predicted molar refractivity (Wildman–Crippen MR) is 58.5 cm³/mol. The van der Waals surface area contributed by atoms with Crippen LogP contribution in [0.2, 0.25) is 0 Å². The average molecular weight is 237 g/mol. The summed E-state index contributed by atoms with van der Waals surface area (Å²) >= 11 is 0. The number of aliphatic carboxylic acids is 1. The lowest BCUT2D eigenvalue weighted by Crippen LogP contribution is -2.45. The van der Waals surface area contributed by atoms with Crippen molar-refractivity contribution in [2.45, 2.75) is 0 Å². The Labute approximate surface area is 96.6 Å². The molecule has 2 amide bonds. The molecule has 17 heavy (non-hydrogen) atoms. The van der Waals surface area contributed by atoms with Gasteiger partial charge < -0.3 is 10.4 Å². The molecular weight excluding hydrogens is 226 g/mol. The highest BCUT2D eigenvalue weighted by Gasteiger charge is 2.33. The number of nitrogens with one attached hydrogen (secondary N) is 2. The van der Waals surface area contributed by atoms with Gasteiger partial charge in [-0.15, -0.1) is 0 Å². The van der Waals surface area contributed by atoms with Crippen molar-refractivity contribution in [1.82, 2.24) is 5.43 Å². The number of hydrogen-bond donors (Lipinski definition) is 4. The zero-order chi connectivity index (χ0) is 12.8. The van der Waals surface area contributed by atoms with Crippen molar-refractivity contribution in [3.05, 3.63) is 30.3 Å². The summed E-state index contributed by atoms with van der Waals surface area (Å²) in [6.45, 7) is 0. The predicted octanol–water partition coefficient (Wildman–Crippen LogP) is -0.684. The highest BCUT2D eigenvalue weighted by atomic mass is 16.4. The molecule has 1 aromatic rings. The summed E-state index contributed by atoms with van der Waals surface area (Å²) < 4.78 is 0. The number of para-hydroxylation sites is 1. The molecule has 7 heteroatoms. The van der Waals surface area contributed by atoms with Crippen molar-refractivity contribution in [2.75, 3.05) is 5.32 Å². The van der Waals surface area contributed by atoms with Gasteiger partial charge in [0.15, 0.2) is 0 Å². The molecule has 0 heterocycles. The summed E-state index contributed by atoms with van der Waals surface area (Å²) in [4.78, 5) is 33.4. The quantitative estimate of drug-likeness (QED) is 0.239. The number of benzene rings is 1. The van der Waals surface area contributed by atoms with E-state index in [4.69, 9.17) is 10.9 Å². The summed E-state index contributed by atoms with van der Waals surface area (Å²) in [5.74, 6) is -0.674. The van der Waals surface area contributed by atoms with Crippen LogP contribution in [0.1, 0.15) is 0 Å². The van der Waals surface area contributed by atoms with Gasteiger partial charge >= 0.3 is 5.97 Å². The van der Waals surface area contributed by atoms with Crippen molar-refractivity contribution < 1.29 is 19.5 Å². The summed E-state index contributed by atoms with van der Waals surface area (Å²) in [5, 5.41) is 11.0. The Morgan fingerprint density at radius 2 is 1.71 bits per heavy atom. The number of carbonyl (C=O) groups excluding carboxylic acids is 2. The molecule has 0 aliphatic rings. The van der Waals surface area contributed by atoms with Gasteiger partial charge in [0.25, 0.3) is 5.91 Å². The fourth-order valence-electron chi connectivity index (χ4n) is 1.16. The van der Waals surface area contributed by atoms with Crippen LogP contribution in [-0.2, 0) is 14.4 Å². The van der Waals surface area contributed by atoms with Gasteiger partial charge in [-0.25, -0.2) is 5.84 Å². The van der Waals surface area contributed by atoms with Gasteiger partial charge in [0.2, 0.25) is 11.8 Å². The first kappa shape index (κ1) is 12.7. The summed E-state index contributed by atoms with van der Waals surface area (Å²) in [6, 6.07) is 8.19. The van der Waals surface area contributed by atoms with Crippen LogP contribution in [0.5, 0.6) is 0 Å². The maximum atomic E-state index is 11.5. The van der Waals surface area contributed by atoms with E-state index < -0.39 is 23.7 Å². The van der Waals surface area contributed by atoms with E-state index in [1.54, 1.807) is 35.8 Å². The zero-order valence-corrected chi connectivity index (χ0v) is 8.71. The zero-order valence-electron chi connectivity index (χ0n) is 8.71. The highest BCUT2D eigenvalue weighted by Crippen LogP contribution is 2.08. The van der Waals surface area contributed by atoms with Gasteiger partial charge in [-0.3, -0.25) is 19.8 Å². The lowest BCUT2D eigenvalue weighted by atomic mass is 10.1. The minimum Gasteiger partial charge on any atom is -0.480 e. The fourth-order valence-corrected chi connectivity index (χ4v) is 1.16. The van der Waals surface area contributed by atoms with Gasteiger partial charge in [-0.05, 0) is 12.1 Å². The van der Waals surface area contributed by atoms with Crippen molar-refractivity contribution in [3.63, 3.8) is 0 Å². The molecule has 0 spiro atoms. The number of carboxylic acids is 1. The summed E-state index contributed by atoms with van der Waals surface area (Å²) in [5.41, 5.74) is 2.03. The molecule has 0 aromatic heterocycles. The van der Waals surface area contributed by atoms with Crippen LogP contribution in [0.15, 0.2) is 30.3 Å². The van der Waals surface area contributed by atoms with Crippen LogP contribution >= 0.6 is 0 Å². The number of hydrazine groups is 1. The number of amides is 2. The van der Waals surface area contributed by atoms with Gasteiger partial charge in [0.05, 0.1) is 0 Å². The molecule has 1 rings (SSSR count). The first-order valence-corrected chi connectivity index (χ1v) is 4.65. The third-order valence-electron chi connectivity index (χ3n) is 1.95. The Kier molecular flexibility index (Phi) is 4.18. The van der Waals surface area contributed by atoms with Crippen LogP contribution in [0, 0.1) is 5.92 Å². The maximum Gasteiger partial charge on any atom is 0.325 e. The molecule has 1 aromatic carbocycles. The maximum absolute atomic E-state index is 11.5. The second-order valence-electron chi connectivity index (χ2n) is 3.14. The molecule has 0 fully saturated rings. The lowest BCUT2D eigenvalue weighted by molar-refractivity contribution is -0.150. The van der Waals surface area contributed by atoms with Gasteiger partial charge in [0, 0.05) is 5.69 Å². The van der Waals surface area contributed by atoms with Crippen molar-refractivity contribution >= 4 is 23.5 Å². The first-order valence-electron chi connectivity index (χ1n) is 4.65. The third kappa shape index (κ3) is 3.28. The molecule has 0 bridgehead atoms. The normalized spacial score (nSPS) is 11.4. The van der Waals surface area contributed by atoms with Crippen LogP contribution in [0.25, 0.3) is 0 Å².